The first-order valence-electron chi connectivity index (χ1n) is 5.62. The molecule has 0 saturated carbocycles. The summed E-state index contributed by atoms with van der Waals surface area (Å²) in [6.07, 6.45) is 2.50. The molecule has 0 amide bonds. The van der Waals surface area contributed by atoms with Gasteiger partial charge in [0.05, 0.1) is 5.25 Å². The fraction of sp³-hybridized carbons (Fsp3) is 1.00. The Bertz CT molecular complexity index is 282. The molecule has 1 aliphatic heterocycles. The highest BCUT2D eigenvalue weighted by molar-refractivity contribution is 7.89. The van der Waals surface area contributed by atoms with E-state index in [0.717, 1.165) is 19.6 Å². The van der Waals surface area contributed by atoms with Crippen LogP contribution in [0.25, 0.3) is 0 Å². The van der Waals surface area contributed by atoms with Gasteiger partial charge in [0.1, 0.15) is 0 Å². The molecule has 0 aromatic carbocycles. The van der Waals surface area contributed by atoms with Gasteiger partial charge in [0, 0.05) is 20.1 Å². The maximum Gasteiger partial charge on any atom is 0.216 e. The lowest BCUT2D eigenvalue weighted by atomic mass is 10.4. The molecule has 0 N–H and O–H groups in total. The zero-order chi connectivity index (χ0) is 11.5. The van der Waals surface area contributed by atoms with E-state index in [0.29, 0.717) is 6.54 Å². The molecule has 0 radical (unpaired) electrons. The minimum absolute atomic E-state index is 0.318. The number of likely N-dealkylation sites (tertiary alicyclic amines) is 1. The summed E-state index contributed by atoms with van der Waals surface area (Å²) in [6.45, 7) is 7.16. The van der Waals surface area contributed by atoms with E-state index in [2.05, 4.69) is 4.90 Å². The molecule has 15 heavy (non-hydrogen) atoms. The third-order valence-electron chi connectivity index (χ3n) is 2.96. The normalized spacial score (nSPS) is 19.3. The molecule has 0 aliphatic carbocycles. The lowest BCUT2D eigenvalue weighted by molar-refractivity contribution is 0.309. The first-order valence-corrected chi connectivity index (χ1v) is 7.12. The Balaban J connectivity index is 2.38. The summed E-state index contributed by atoms with van der Waals surface area (Å²) in [4.78, 5) is 2.33. The Hall–Kier alpha value is -0.130. The lowest BCUT2D eigenvalue weighted by Gasteiger charge is -2.22. The Morgan fingerprint density at radius 1 is 1.27 bits per heavy atom. The Morgan fingerprint density at radius 2 is 1.80 bits per heavy atom. The van der Waals surface area contributed by atoms with Crippen molar-refractivity contribution in [2.24, 2.45) is 0 Å². The van der Waals surface area contributed by atoms with Crippen molar-refractivity contribution < 1.29 is 8.42 Å². The Morgan fingerprint density at radius 3 is 2.27 bits per heavy atom. The fourth-order valence-electron chi connectivity index (χ4n) is 1.78. The second-order valence-corrected chi connectivity index (χ2v) is 7.06. The zero-order valence-corrected chi connectivity index (χ0v) is 10.8. The minimum Gasteiger partial charge on any atom is -0.302 e. The molecule has 1 heterocycles. The van der Waals surface area contributed by atoms with E-state index in [9.17, 15) is 8.42 Å². The van der Waals surface area contributed by atoms with Gasteiger partial charge in [0.2, 0.25) is 10.0 Å². The number of likely N-dealkylation sites (N-methyl/N-ethyl adjacent to an activating group) is 1. The summed E-state index contributed by atoms with van der Waals surface area (Å²) in [7, 11) is -1.39. The average Bonchev–Trinajstić information content (AvgIpc) is 2.66. The van der Waals surface area contributed by atoms with Crippen molar-refractivity contribution in [1.29, 1.82) is 0 Å². The van der Waals surface area contributed by atoms with Crippen LogP contribution in [0, 0.1) is 0 Å². The molecule has 5 heteroatoms. The molecule has 0 atom stereocenters. The molecule has 1 rings (SSSR count). The van der Waals surface area contributed by atoms with E-state index < -0.39 is 10.0 Å². The summed E-state index contributed by atoms with van der Waals surface area (Å²) in [6, 6.07) is 0. The third kappa shape index (κ3) is 3.43. The van der Waals surface area contributed by atoms with Crippen molar-refractivity contribution in [2.45, 2.75) is 31.9 Å². The van der Waals surface area contributed by atoms with Crippen LogP contribution in [0.3, 0.4) is 0 Å². The van der Waals surface area contributed by atoms with Crippen LogP contribution in [0.1, 0.15) is 26.7 Å². The maximum absolute atomic E-state index is 11.7. The first kappa shape index (κ1) is 12.9. The third-order valence-corrected chi connectivity index (χ3v) is 5.20. The fourth-order valence-corrected chi connectivity index (χ4v) is 2.83. The largest absolute Gasteiger partial charge is 0.302 e. The maximum atomic E-state index is 11.7. The Kier molecular flexibility index (Phi) is 4.55. The van der Waals surface area contributed by atoms with Gasteiger partial charge in [0.25, 0.3) is 0 Å². The molecule has 90 valence electrons. The van der Waals surface area contributed by atoms with Crippen molar-refractivity contribution in [3.8, 4) is 0 Å². The SMILES string of the molecule is CC(C)S(=O)(=O)N(C)CCN1CCCC1. The average molecular weight is 234 g/mol. The summed E-state index contributed by atoms with van der Waals surface area (Å²) in [5.74, 6) is 0. The molecule has 0 aromatic heterocycles. The van der Waals surface area contributed by atoms with Crippen LogP contribution in [0.5, 0.6) is 0 Å². The van der Waals surface area contributed by atoms with E-state index >= 15 is 0 Å². The molecule has 1 fully saturated rings. The topological polar surface area (TPSA) is 40.6 Å². The van der Waals surface area contributed by atoms with E-state index in [1.807, 2.05) is 0 Å². The summed E-state index contributed by atoms with van der Waals surface area (Å²) in [5, 5.41) is -0.318. The molecule has 1 saturated heterocycles. The van der Waals surface area contributed by atoms with E-state index in [-0.39, 0.29) is 5.25 Å². The highest BCUT2D eigenvalue weighted by atomic mass is 32.2. The number of hydrogen-bond donors (Lipinski definition) is 0. The van der Waals surface area contributed by atoms with Gasteiger partial charge in [-0.05, 0) is 39.8 Å². The van der Waals surface area contributed by atoms with Gasteiger partial charge < -0.3 is 4.90 Å². The first-order chi connectivity index (χ1) is 6.94. The van der Waals surface area contributed by atoms with Crippen molar-refractivity contribution >= 4 is 10.0 Å². The van der Waals surface area contributed by atoms with E-state index in [1.54, 1.807) is 20.9 Å². The standard InChI is InChI=1S/C10H22N2O2S/c1-10(2)15(13,14)11(3)8-9-12-6-4-5-7-12/h10H,4-9H2,1-3H3. The Labute approximate surface area is 93.3 Å². The second-order valence-electron chi connectivity index (χ2n) is 4.46. The molecule has 0 aromatic rings. The van der Waals surface area contributed by atoms with Crippen LogP contribution in [0.15, 0.2) is 0 Å². The van der Waals surface area contributed by atoms with Crippen molar-refractivity contribution in [3.63, 3.8) is 0 Å². The van der Waals surface area contributed by atoms with Gasteiger partial charge in [-0.1, -0.05) is 0 Å². The van der Waals surface area contributed by atoms with Gasteiger partial charge in [-0.15, -0.1) is 0 Å². The zero-order valence-electron chi connectivity index (χ0n) is 9.94. The summed E-state index contributed by atoms with van der Waals surface area (Å²) in [5.41, 5.74) is 0. The summed E-state index contributed by atoms with van der Waals surface area (Å²) < 4.78 is 25.0. The summed E-state index contributed by atoms with van der Waals surface area (Å²) >= 11 is 0. The molecule has 1 aliphatic rings. The number of hydrogen-bond acceptors (Lipinski definition) is 3. The second kappa shape index (κ2) is 5.27. The molecule has 0 bridgehead atoms. The molecular weight excluding hydrogens is 212 g/mol. The van der Waals surface area contributed by atoms with Crippen LogP contribution in [-0.2, 0) is 10.0 Å². The predicted octanol–water partition coefficient (Wildman–Crippen LogP) is 0.752. The quantitative estimate of drug-likeness (QED) is 0.705. The van der Waals surface area contributed by atoms with Crippen molar-refractivity contribution in [3.05, 3.63) is 0 Å². The van der Waals surface area contributed by atoms with Crippen molar-refractivity contribution in [1.82, 2.24) is 9.21 Å². The molecule has 4 nitrogen and oxygen atoms in total. The minimum atomic E-state index is -3.06. The highest BCUT2D eigenvalue weighted by Gasteiger charge is 2.22. The van der Waals surface area contributed by atoms with Gasteiger partial charge in [-0.2, -0.15) is 0 Å². The van der Waals surface area contributed by atoms with Gasteiger partial charge >= 0.3 is 0 Å². The number of sulfonamides is 1. The van der Waals surface area contributed by atoms with Gasteiger partial charge in [-0.3, -0.25) is 0 Å². The van der Waals surface area contributed by atoms with Crippen LogP contribution < -0.4 is 0 Å². The smallest absolute Gasteiger partial charge is 0.216 e. The lowest BCUT2D eigenvalue weighted by Crippen LogP contribution is -2.38. The van der Waals surface area contributed by atoms with E-state index in [1.165, 1.54) is 17.1 Å². The molecule has 0 spiro atoms. The highest BCUT2D eigenvalue weighted by Crippen LogP contribution is 2.09. The van der Waals surface area contributed by atoms with Crippen molar-refractivity contribution in [2.75, 3.05) is 33.2 Å². The number of rotatable bonds is 5. The molecule has 0 unspecified atom stereocenters. The molecular formula is C10H22N2O2S. The van der Waals surface area contributed by atoms with Crippen LogP contribution in [-0.4, -0.2) is 56.1 Å². The van der Waals surface area contributed by atoms with Gasteiger partial charge in [-0.25, -0.2) is 12.7 Å². The van der Waals surface area contributed by atoms with Crippen LogP contribution in [0.2, 0.25) is 0 Å². The van der Waals surface area contributed by atoms with Crippen LogP contribution in [0.4, 0.5) is 0 Å². The number of nitrogens with zero attached hydrogens (tertiary/aromatic N) is 2. The monoisotopic (exact) mass is 234 g/mol. The van der Waals surface area contributed by atoms with Gasteiger partial charge in [0.15, 0.2) is 0 Å². The van der Waals surface area contributed by atoms with Crippen LogP contribution >= 0.6 is 0 Å². The predicted molar refractivity (Wildman–Crippen MR) is 62.4 cm³/mol. The van der Waals surface area contributed by atoms with E-state index in [4.69, 9.17) is 0 Å².